The predicted octanol–water partition coefficient (Wildman–Crippen LogP) is 5.93. The summed E-state index contributed by atoms with van der Waals surface area (Å²) in [7, 11) is 1.68. The van der Waals surface area contributed by atoms with Gasteiger partial charge in [-0.3, -0.25) is 0 Å². The van der Waals surface area contributed by atoms with Gasteiger partial charge in [0.25, 0.3) is 0 Å². The molecule has 0 aliphatic heterocycles. The fourth-order valence-electron chi connectivity index (χ4n) is 3.10. The highest BCUT2D eigenvalue weighted by Gasteiger charge is 2.16. The Kier molecular flexibility index (Phi) is 5.44. The normalized spacial score (nSPS) is 10.8. The van der Waals surface area contributed by atoms with Crippen molar-refractivity contribution in [3.8, 4) is 16.5 Å². The molecule has 28 heavy (non-hydrogen) atoms. The van der Waals surface area contributed by atoms with Gasteiger partial charge in [-0.1, -0.05) is 36.4 Å². The van der Waals surface area contributed by atoms with Crippen molar-refractivity contribution in [2.24, 2.45) is 0 Å². The molecule has 0 saturated carbocycles. The van der Waals surface area contributed by atoms with Gasteiger partial charge < -0.3 is 14.1 Å². The van der Waals surface area contributed by atoms with E-state index >= 15 is 0 Å². The molecular weight excluding hydrogens is 368 g/mol. The van der Waals surface area contributed by atoms with E-state index in [-0.39, 0.29) is 0 Å². The maximum Gasteiger partial charge on any atom is 0.236 e. The fraction of sp³-hybridized carbons (Fsp3) is 0.174. The zero-order chi connectivity index (χ0) is 19.3. The standard InChI is InChI=1S/C23H22N2O2S/c1-17-21(24-23(27-17)22-9-6-14-28-22)16-25(15-18-7-4-3-5-8-18)19-10-12-20(26-2)13-11-19/h3-14H,15-16H2,1-2H3. The third-order valence-electron chi connectivity index (χ3n) is 4.62. The summed E-state index contributed by atoms with van der Waals surface area (Å²) in [4.78, 5) is 8.12. The first kappa shape index (κ1) is 18.3. The molecule has 0 fully saturated rings. The van der Waals surface area contributed by atoms with Crippen LogP contribution in [0.25, 0.3) is 10.8 Å². The molecule has 2 aromatic heterocycles. The van der Waals surface area contributed by atoms with Gasteiger partial charge in [0.1, 0.15) is 17.2 Å². The van der Waals surface area contributed by atoms with Crippen molar-refractivity contribution in [1.82, 2.24) is 4.98 Å². The molecule has 4 rings (SSSR count). The lowest BCUT2D eigenvalue weighted by Crippen LogP contribution is -2.22. The van der Waals surface area contributed by atoms with Crippen LogP contribution < -0.4 is 9.64 Å². The number of oxazole rings is 1. The second-order valence-electron chi connectivity index (χ2n) is 6.54. The minimum atomic E-state index is 0.669. The quantitative estimate of drug-likeness (QED) is 0.392. The van der Waals surface area contributed by atoms with Crippen molar-refractivity contribution >= 4 is 17.0 Å². The van der Waals surface area contributed by atoms with Gasteiger partial charge in [0, 0.05) is 12.2 Å². The number of nitrogens with zero attached hydrogens (tertiary/aromatic N) is 2. The average molecular weight is 391 g/mol. The molecule has 0 atom stereocenters. The molecule has 142 valence electrons. The van der Waals surface area contributed by atoms with E-state index in [0.717, 1.165) is 34.3 Å². The Hall–Kier alpha value is -3.05. The van der Waals surface area contributed by atoms with Crippen LogP contribution in [0.5, 0.6) is 5.75 Å². The largest absolute Gasteiger partial charge is 0.497 e. The smallest absolute Gasteiger partial charge is 0.236 e. The minimum absolute atomic E-state index is 0.669. The number of benzene rings is 2. The zero-order valence-electron chi connectivity index (χ0n) is 16.0. The van der Waals surface area contributed by atoms with E-state index in [1.54, 1.807) is 18.4 Å². The first-order chi connectivity index (χ1) is 13.7. The molecule has 0 unspecified atom stereocenters. The molecule has 0 radical (unpaired) electrons. The number of hydrogen-bond acceptors (Lipinski definition) is 5. The van der Waals surface area contributed by atoms with Gasteiger partial charge in [-0.25, -0.2) is 4.98 Å². The lowest BCUT2D eigenvalue weighted by Gasteiger charge is -2.24. The zero-order valence-corrected chi connectivity index (χ0v) is 16.8. The summed E-state index contributed by atoms with van der Waals surface area (Å²) in [6.07, 6.45) is 0. The van der Waals surface area contributed by atoms with Crippen molar-refractivity contribution < 1.29 is 9.15 Å². The number of anilines is 1. The van der Waals surface area contributed by atoms with Crippen LogP contribution >= 0.6 is 11.3 Å². The van der Waals surface area contributed by atoms with Crippen LogP contribution in [0.2, 0.25) is 0 Å². The van der Waals surface area contributed by atoms with Gasteiger partial charge >= 0.3 is 0 Å². The molecular formula is C23H22N2O2S. The third-order valence-corrected chi connectivity index (χ3v) is 5.48. The number of methoxy groups -OCH3 is 1. The van der Waals surface area contributed by atoms with E-state index in [9.17, 15) is 0 Å². The van der Waals surface area contributed by atoms with Gasteiger partial charge in [0.05, 0.1) is 18.5 Å². The lowest BCUT2D eigenvalue weighted by molar-refractivity contribution is 0.415. The van der Waals surface area contributed by atoms with E-state index in [1.807, 2.05) is 42.6 Å². The maximum atomic E-state index is 5.94. The van der Waals surface area contributed by atoms with Crippen LogP contribution in [0.15, 0.2) is 76.5 Å². The van der Waals surface area contributed by atoms with E-state index < -0.39 is 0 Å². The topological polar surface area (TPSA) is 38.5 Å². The Morgan fingerprint density at radius 3 is 2.43 bits per heavy atom. The number of thiophene rings is 1. The summed E-state index contributed by atoms with van der Waals surface area (Å²) in [6, 6.07) is 22.6. The van der Waals surface area contributed by atoms with Crippen molar-refractivity contribution in [2.75, 3.05) is 12.0 Å². The van der Waals surface area contributed by atoms with Gasteiger partial charge in [-0.2, -0.15) is 0 Å². The highest BCUT2D eigenvalue weighted by Crippen LogP contribution is 2.28. The average Bonchev–Trinajstić information content (AvgIpc) is 3.39. The van der Waals surface area contributed by atoms with Crippen LogP contribution in [0.4, 0.5) is 5.69 Å². The molecule has 2 heterocycles. The Morgan fingerprint density at radius 2 is 1.75 bits per heavy atom. The molecule has 0 N–H and O–H groups in total. The maximum absolute atomic E-state index is 5.94. The van der Waals surface area contributed by atoms with Gasteiger partial charge in [0.2, 0.25) is 5.89 Å². The molecule has 4 nitrogen and oxygen atoms in total. The van der Waals surface area contributed by atoms with Crippen molar-refractivity contribution in [3.63, 3.8) is 0 Å². The Balaban J connectivity index is 1.63. The second kappa shape index (κ2) is 8.31. The Labute approximate surface area is 169 Å². The van der Waals surface area contributed by atoms with Crippen LogP contribution in [0.1, 0.15) is 17.0 Å². The molecule has 0 spiro atoms. The predicted molar refractivity (Wildman–Crippen MR) is 114 cm³/mol. The van der Waals surface area contributed by atoms with Gasteiger partial charge in [0.15, 0.2) is 0 Å². The summed E-state index contributed by atoms with van der Waals surface area (Å²) in [5.41, 5.74) is 3.32. The fourth-order valence-corrected chi connectivity index (χ4v) is 3.75. The molecule has 4 aromatic rings. The summed E-state index contributed by atoms with van der Waals surface area (Å²) in [6.45, 7) is 3.43. The molecule has 0 saturated heterocycles. The number of rotatable bonds is 7. The number of ether oxygens (including phenoxy) is 1. The van der Waals surface area contributed by atoms with Gasteiger partial charge in [-0.15, -0.1) is 11.3 Å². The molecule has 5 heteroatoms. The highest BCUT2D eigenvalue weighted by atomic mass is 32.1. The van der Waals surface area contributed by atoms with Crippen LogP contribution in [-0.4, -0.2) is 12.1 Å². The summed E-state index contributed by atoms with van der Waals surface area (Å²) >= 11 is 1.64. The highest BCUT2D eigenvalue weighted by molar-refractivity contribution is 7.13. The SMILES string of the molecule is COc1ccc(N(Cc2ccccc2)Cc2nc(-c3cccs3)oc2C)cc1. The molecule has 0 aliphatic carbocycles. The molecule has 0 bridgehead atoms. The molecule has 0 amide bonds. The van der Waals surface area contributed by atoms with E-state index in [1.165, 1.54) is 5.56 Å². The van der Waals surface area contributed by atoms with Crippen molar-refractivity contribution in [1.29, 1.82) is 0 Å². The monoisotopic (exact) mass is 390 g/mol. The van der Waals surface area contributed by atoms with Crippen molar-refractivity contribution in [3.05, 3.63) is 89.1 Å². The van der Waals surface area contributed by atoms with Crippen LogP contribution in [0.3, 0.4) is 0 Å². The minimum Gasteiger partial charge on any atom is -0.497 e. The number of hydrogen-bond donors (Lipinski definition) is 0. The lowest BCUT2D eigenvalue weighted by atomic mass is 10.2. The summed E-state index contributed by atoms with van der Waals surface area (Å²) in [5, 5.41) is 2.04. The van der Waals surface area contributed by atoms with E-state index in [0.29, 0.717) is 12.4 Å². The van der Waals surface area contributed by atoms with Crippen LogP contribution in [0, 0.1) is 6.92 Å². The van der Waals surface area contributed by atoms with E-state index in [2.05, 4.69) is 41.3 Å². The third kappa shape index (κ3) is 4.10. The Bertz CT molecular complexity index is 1010. The summed E-state index contributed by atoms with van der Waals surface area (Å²) < 4.78 is 11.2. The van der Waals surface area contributed by atoms with Crippen LogP contribution in [-0.2, 0) is 13.1 Å². The number of aromatic nitrogens is 1. The van der Waals surface area contributed by atoms with Gasteiger partial charge in [-0.05, 0) is 48.2 Å². The first-order valence-corrected chi connectivity index (χ1v) is 10.0. The second-order valence-corrected chi connectivity index (χ2v) is 7.49. The van der Waals surface area contributed by atoms with E-state index in [4.69, 9.17) is 14.1 Å². The summed E-state index contributed by atoms with van der Waals surface area (Å²) in [5.74, 6) is 2.40. The molecule has 0 aliphatic rings. The first-order valence-electron chi connectivity index (χ1n) is 9.16. The molecule has 2 aromatic carbocycles. The number of aryl methyl sites for hydroxylation is 1. The van der Waals surface area contributed by atoms with Crippen molar-refractivity contribution in [2.45, 2.75) is 20.0 Å². The Morgan fingerprint density at radius 1 is 0.964 bits per heavy atom.